The van der Waals surface area contributed by atoms with Gasteiger partial charge in [0.25, 0.3) is 5.91 Å². The summed E-state index contributed by atoms with van der Waals surface area (Å²) < 4.78 is 5.10. The number of benzene rings is 2. The lowest BCUT2D eigenvalue weighted by molar-refractivity contribution is -0.130. The number of anilines is 2. The second-order valence-electron chi connectivity index (χ2n) is 8.92. The van der Waals surface area contributed by atoms with Crippen LogP contribution in [0.1, 0.15) is 16.1 Å². The van der Waals surface area contributed by atoms with E-state index in [-0.39, 0.29) is 37.9 Å². The first-order valence-corrected chi connectivity index (χ1v) is 14.0. The molecule has 1 fully saturated rings. The third-order valence-corrected chi connectivity index (χ3v) is 7.60. The van der Waals surface area contributed by atoms with Crippen LogP contribution in [0.4, 0.5) is 10.8 Å². The molecule has 0 aliphatic carbocycles. The molecule has 2 aromatic carbocycles. The second kappa shape index (κ2) is 13.7. The fraction of sp³-hybridized carbons (Fsp3) is 0.333. The molecule has 206 valence electrons. The van der Waals surface area contributed by atoms with Gasteiger partial charge in [-0.1, -0.05) is 41.4 Å². The van der Waals surface area contributed by atoms with Crippen molar-refractivity contribution in [1.29, 1.82) is 0 Å². The number of methoxy groups -OCH3 is 1. The molecule has 3 amide bonds. The van der Waals surface area contributed by atoms with E-state index < -0.39 is 5.91 Å². The van der Waals surface area contributed by atoms with Gasteiger partial charge in [0, 0.05) is 55.9 Å². The molecule has 0 bridgehead atoms. The zero-order valence-electron chi connectivity index (χ0n) is 21.4. The van der Waals surface area contributed by atoms with Crippen LogP contribution in [0.2, 0.25) is 10.0 Å². The lowest BCUT2D eigenvalue weighted by Crippen LogP contribution is -2.49. The zero-order valence-corrected chi connectivity index (χ0v) is 23.8. The average Bonchev–Trinajstić information content (AvgIpc) is 3.37. The lowest BCUT2D eigenvalue weighted by atomic mass is 10.2. The Kier molecular flexibility index (Phi) is 10.2. The quantitative estimate of drug-likeness (QED) is 0.383. The van der Waals surface area contributed by atoms with E-state index in [0.717, 1.165) is 18.8 Å². The first kappa shape index (κ1) is 28.8. The molecule has 0 radical (unpaired) electrons. The average molecular weight is 591 g/mol. The molecule has 39 heavy (non-hydrogen) atoms. The van der Waals surface area contributed by atoms with E-state index in [1.807, 2.05) is 29.2 Å². The molecule has 0 atom stereocenters. The summed E-state index contributed by atoms with van der Waals surface area (Å²) in [7, 11) is 1.52. The van der Waals surface area contributed by atoms with E-state index in [4.69, 9.17) is 27.9 Å². The molecule has 1 aliphatic heterocycles. The summed E-state index contributed by atoms with van der Waals surface area (Å²) >= 11 is 13.5. The van der Waals surface area contributed by atoms with Gasteiger partial charge in [0.2, 0.25) is 11.8 Å². The fourth-order valence-corrected chi connectivity index (χ4v) is 5.32. The van der Waals surface area contributed by atoms with Gasteiger partial charge in [-0.3, -0.25) is 14.4 Å². The van der Waals surface area contributed by atoms with E-state index >= 15 is 0 Å². The highest BCUT2D eigenvalue weighted by molar-refractivity contribution is 7.13. The molecular weight excluding hydrogens is 561 g/mol. The van der Waals surface area contributed by atoms with Crippen molar-refractivity contribution < 1.29 is 19.1 Å². The molecule has 2 heterocycles. The standard InChI is InChI=1S/C27H29Cl2N5O4S/c1-38-14-13-34(26(37)22-7-2-3-8-23(22)29)17-24(35)31-27-30-20(18-39-27)16-25(36)33-11-9-32(10-12-33)21-6-4-5-19(28)15-21/h2-8,15,18H,9-14,16-17H2,1H3,(H,30,31,35). The van der Waals surface area contributed by atoms with Crippen molar-refractivity contribution in [1.82, 2.24) is 14.8 Å². The van der Waals surface area contributed by atoms with Crippen LogP contribution in [0, 0.1) is 0 Å². The van der Waals surface area contributed by atoms with Crippen LogP contribution < -0.4 is 10.2 Å². The normalized spacial score (nSPS) is 13.3. The SMILES string of the molecule is COCCN(CC(=O)Nc1nc(CC(=O)N2CCN(c3cccc(Cl)c3)CC2)cs1)C(=O)c1ccccc1Cl. The summed E-state index contributed by atoms with van der Waals surface area (Å²) in [6.45, 7) is 2.94. The Morgan fingerprint density at radius 1 is 1.08 bits per heavy atom. The number of carbonyl (C=O) groups excluding carboxylic acids is 3. The Balaban J connectivity index is 1.29. The summed E-state index contributed by atoms with van der Waals surface area (Å²) in [5, 5.41) is 5.85. The number of nitrogens with one attached hydrogen (secondary N) is 1. The van der Waals surface area contributed by atoms with Crippen molar-refractivity contribution >= 4 is 63.1 Å². The lowest BCUT2D eigenvalue weighted by Gasteiger charge is -2.36. The van der Waals surface area contributed by atoms with E-state index in [1.165, 1.54) is 23.3 Å². The minimum Gasteiger partial charge on any atom is -0.383 e. The van der Waals surface area contributed by atoms with E-state index in [2.05, 4.69) is 15.2 Å². The first-order valence-electron chi connectivity index (χ1n) is 12.4. The Morgan fingerprint density at radius 3 is 2.56 bits per heavy atom. The summed E-state index contributed by atoms with van der Waals surface area (Å²) in [5.41, 5.74) is 1.94. The molecule has 12 heteroatoms. The minimum atomic E-state index is -0.407. The molecule has 1 aromatic heterocycles. The Bertz CT molecular complexity index is 1310. The summed E-state index contributed by atoms with van der Waals surface area (Å²) in [4.78, 5) is 48.4. The van der Waals surface area contributed by atoms with Crippen LogP contribution in [-0.2, 0) is 20.7 Å². The van der Waals surface area contributed by atoms with Gasteiger partial charge in [0.15, 0.2) is 5.13 Å². The van der Waals surface area contributed by atoms with Gasteiger partial charge in [-0.15, -0.1) is 11.3 Å². The van der Waals surface area contributed by atoms with Crippen LogP contribution in [0.15, 0.2) is 53.9 Å². The summed E-state index contributed by atoms with van der Waals surface area (Å²) in [5.74, 6) is -0.787. The molecular formula is C27H29Cl2N5O4S. The molecule has 3 aromatic rings. The maximum absolute atomic E-state index is 13.0. The number of aromatic nitrogens is 1. The van der Waals surface area contributed by atoms with Crippen molar-refractivity contribution in [2.75, 3.05) is 63.2 Å². The third kappa shape index (κ3) is 7.92. The number of carbonyl (C=O) groups is 3. The van der Waals surface area contributed by atoms with Gasteiger partial charge in [-0.25, -0.2) is 4.98 Å². The number of nitrogens with zero attached hydrogens (tertiary/aromatic N) is 4. The van der Waals surface area contributed by atoms with Crippen molar-refractivity contribution in [3.8, 4) is 0 Å². The smallest absolute Gasteiger partial charge is 0.255 e. The Morgan fingerprint density at radius 2 is 1.85 bits per heavy atom. The van der Waals surface area contributed by atoms with Crippen LogP contribution in [0.5, 0.6) is 0 Å². The van der Waals surface area contributed by atoms with Gasteiger partial charge in [-0.05, 0) is 30.3 Å². The highest BCUT2D eigenvalue weighted by Gasteiger charge is 2.24. The van der Waals surface area contributed by atoms with Crippen LogP contribution in [-0.4, -0.2) is 85.5 Å². The van der Waals surface area contributed by atoms with E-state index in [9.17, 15) is 14.4 Å². The van der Waals surface area contributed by atoms with Crippen molar-refractivity contribution in [3.63, 3.8) is 0 Å². The van der Waals surface area contributed by atoms with Crippen molar-refractivity contribution in [2.45, 2.75) is 6.42 Å². The monoisotopic (exact) mass is 589 g/mol. The third-order valence-electron chi connectivity index (χ3n) is 6.23. The van der Waals surface area contributed by atoms with E-state index in [1.54, 1.807) is 29.6 Å². The molecule has 1 saturated heterocycles. The maximum Gasteiger partial charge on any atom is 0.255 e. The molecule has 1 aliphatic rings. The maximum atomic E-state index is 13.0. The number of hydrogen-bond donors (Lipinski definition) is 1. The molecule has 4 rings (SSSR count). The van der Waals surface area contributed by atoms with Crippen LogP contribution in [0.3, 0.4) is 0 Å². The second-order valence-corrected chi connectivity index (χ2v) is 10.6. The number of hydrogen-bond acceptors (Lipinski definition) is 7. The number of piperazine rings is 1. The van der Waals surface area contributed by atoms with E-state index in [0.29, 0.717) is 39.5 Å². The zero-order chi connectivity index (χ0) is 27.8. The Labute approximate surface area is 241 Å². The summed E-state index contributed by atoms with van der Waals surface area (Å²) in [6, 6.07) is 14.4. The predicted octanol–water partition coefficient (Wildman–Crippen LogP) is 4.07. The number of ether oxygens (including phenoxy) is 1. The highest BCUT2D eigenvalue weighted by Crippen LogP contribution is 2.22. The van der Waals surface area contributed by atoms with Crippen LogP contribution in [0.25, 0.3) is 0 Å². The van der Waals surface area contributed by atoms with Crippen molar-refractivity contribution in [3.05, 3.63) is 75.2 Å². The number of amides is 3. The minimum absolute atomic E-state index is 0.0139. The molecule has 0 spiro atoms. The topological polar surface area (TPSA) is 95.1 Å². The Hall–Kier alpha value is -3.18. The van der Waals surface area contributed by atoms with Gasteiger partial charge in [0.05, 0.1) is 29.3 Å². The molecule has 0 saturated carbocycles. The first-order chi connectivity index (χ1) is 18.8. The van der Waals surface area contributed by atoms with Gasteiger partial charge >= 0.3 is 0 Å². The molecule has 1 N–H and O–H groups in total. The number of halogens is 2. The number of rotatable bonds is 10. The molecule has 9 nitrogen and oxygen atoms in total. The van der Waals surface area contributed by atoms with Gasteiger partial charge in [0.1, 0.15) is 6.54 Å². The van der Waals surface area contributed by atoms with Gasteiger partial charge < -0.3 is 24.8 Å². The molecule has 0 unspecified atom stereocenters. The van der Waals surface area contributed by atoms with Crippen LogP contribution >= 0.6 is 34.5 Å². The predicted molar refractivity (Wildman–Crippen MR) is 154 cm³/mol. The largest absolute Gasteiger partial charge is 0.383 e. The van der Waals surface area contributed by atoms with Crippen molar-refractivity contribution in [2.24, 2.45) is 0 Å². The fourth-order valence-electron chi connectivity index (χ4n) is 4.19. The highest BCUT2D eigenvalue weighted by atomic mass is 35.5. The summed E-state index contributed by atoms with van der Waals surface area (Å²) in [6.07, 6.45) is 0.147. The number of thiazole rings is 1. The van der Waals surface area contributed by atoms with Gasteiger partial charge in [-0.2, -0.15) is 0 Å².